The van der Waals surface area contributed by atoms with Crippen molar-refractivity contribution in [3.8, 4) is 0 Å². The van der Waals surface area contributed by atoms with E-state index in [2.05, 4.69) is 33.5 Å². The third kappa shape index (κ3) is 4.83. The zero-order valence-corrected chi connectivity index (χ0v) is 21.3. The number of sulfonamides is 1. The number of aromatic nitrogens is 2. The van der Waals surface area contributed by atoms with Crippen molar-refractivity contribution in [2.24, 2.45) is 11.3 Å². The van der Waals surface area contributed by atoms with E-state index in [9.17, 15) is 22.8 Å². The lowest BCUT2D eigenvalue weighted by molar-refractivity contribution is 0.0850. The van der Waals surface area contributed by atoms with Gasteiger partial charge in [0.25, 0.3) is 21.8 Å². The molecule has 3 aliphatic rings. The molecule has 194 valence electrons. The summed E-state index contributed by atoms with van der Waals surface area (Å²) in [6.07, 6.45) is 10.3. The second-order valence-corrected chi connectivity index (χ2v) is 11.6. The van der Waals surface area contributed by atoms with Crippen LogP contribution in [0.2, 0.25) is 0 Å². The van der Waals surface area contributed by atoms with Gasteiger partial charge in [0.2, 0.25) is 0 Å². The summed E-state index contributed by atoms with van der Waals surface area (Å²) in [7, 11) is -4.28. The number of allylic oxidation sites excluding steroid dienone is 4. The highest BCUT2D eigenvalue weighted by Gasteiger charge is 2.46. The average molecular weight is 524 g/mol. The normalized spacial score (nSPS) is 22.6. The number of carbonyl (C=O) groups excluding carboxylic acids is 3. The van der Waals surface area contributed by atoms with Gasteiger partial charge in [0.05, 0.1) is 18.9 Å². The van der Waals surface area contributed by atoms with Crippen LogP contribution in [0.1, 0.15) is 60.6 Å². The molecule has 10 nitrogen and oxygen atoms in total. The van der Waals surface area contributed by atoms with E-state index in [1.807, 2.05) is 0 Å². The summed E-state index contributed by atoms with van der Waals surface area (Å²) in [6.45, 7) is 1.76. The van der Waals surface area contributed by atoms with Crippen molar-refractivity contribution in [1.82, 2.24) is 25.1 Å². The number of nitrogens with zero attached hydrogens (tertiary/aromatic N) is 2. The van der Waals surface area contributed by atoms with E-state index < -0.39 is 27.9 Å². The molecule has 1 aromatic carbocycles. The second kappa shape index (κ2) is 9.62. The monoisotopic (exact) mass is 523 g/mol. The molecule has 3 aliphatic carbocycles. The highest BCUT2D eigenvalue weighted by atomic mass is 32.2. The number of amides is 3. The van der Waals surface area contributed by atoms with Crippen LogP contribution < -0.4 is 15.4 Å². The molecular weight excluding hydrogens is 494 g/mol. The van der Waals surface area contributed by atoms with Crippen LogP contribution in [-0.2, 0) is 10.0 Å². The Balaban J connectivity index is 1.24. The zero-order chi connectivity index (χ0) is 26.2. The fourth-order valence-electron chi connectivity index (χ4n) is 5.64. The highest BCUT2D eigenvalue weighted by Crippen LogP contribution is 2.55. The third-order valence-electron chi connectivity index (χ3n) is 7.59. The van der Waals surface area contributed by atoms with Gasteiger partial charge in [0, 0.05) is 16.7 Å². The van der Waals surface area contributed by atoms with Gasteiger partial charge in [-0.1, -0.05) is 37.6 Å². The summed E-state index contributed by atoms with van der Waals surface area (Å²) in [6, 6.07) is 7.55. The molecule has 0 aliphatic heterocycles. The number of benzene rings is 1. The first-order valence-corrected chi connectivity index (χ1v) is 13.9. The Morgan fingerprint density at radius 2 is 1.92 bits per heavy atom. The van der Waals surface area contributed by atoms with Crippen LogP contribution in [0.5, 0.6) is 0 Å². The van der Waals surface area contributed by atoms with Crippen molar-refractivity contribution >= 4 is 27.9 Å². The standard InChI is InChI=1S/C26H29N5O5S/c1-26-12-6-10-19(26)13-18-9-5-11-21(18)23(26)29-25(34)30-37(35,36)20-14-28-31(16-20)22(32)15-27-24(33)17-7-3-2-4-8-17/h2-4,7-8,13-14,16,19H,5-6,9-12,15H2,1H3,(H,27,33)(H2,29,30,34). The molecule has 2 aromatic rings. The molecule has 2 unspecified atom stereocenters. The number of carbonyl (C=O) groups is 3. The molecule has 2 fully saturated rings. The Hall–Kier alpha value is -3.73. The predicted octanol–water partition coefficient (Wildman–Crippen LogP) is 3.13. The first-order chi connectivity index (χ1) is 17.7. The molecule has 3 amide bonds. The number of hydrogen-bond donors (Lipinski definition) is 3. The smallest absolute Gasteiger partial charge is 0.332 e. The summed E-state index contributed by atoms with van der Waals surface area (Å²) in [5.74, 6) is -0.739. The van der Waals surface area contributed by atoms with Crippen LogP contribution in [-0.4, -0.2) is 42.6 Å². The largest absolute Gasteiger partial charge is 0.343 e. The molecule has 2 saturated carbocycles. The Morgan fingerprint density at radius 1 is 1.14 bits per heavy atom. The lowest BCUT2D eigenvalue weighted by Crippen LogP contribution is -2.44. The molecule has 3 N–H and O–H groups in total. The van der Waals surface area contributed by atoms with Crippen LogP contribution in [0, 0.1) is 11.3 Å². The van der Waals surface area contributed by atoms with Gasteiger partial charge < -0.3 is 10.6 Å². The average Bonchev–Trinajstić information content (AvgIpc) is 3.62. The third-order valence-corrected chi connectivity index (χ3v) is 8.88. The van der Waals surface area contributed by atoms with Gasteiger partial charge in [-0.3, -0.25) is 9.59 Å². The molecule has 0 spiro atoms. The lowest BCUT2D eigenvalue weighted by Gasteiger charge is -2.38. The van der Waals surface area contributed by atoms with Crippen molar-refractivity contribution in [3.63, 3.8) is 0 Å². The van der Waals surface area contributed by atoms with E-state index in [4.69, 9.17) is 0 Å². The SMILES string of the molecule is CC12CCCC1C=C1CCCC1=C2NC(=O)NS(=O)(=O)c1cnn(C(=O)CNC(=O)c2ccccc2)c1. The van der Waals surface area contributed by atoms with Crippen LogP contribution in [0.25, 0.3) is 0 Å². The summed E-state index contributed by atoms with van der Waals surface area (Å²) in [4.78, 5) is 37.1. The molecule has 5 rings (SSSR count). The van der Waals surface area contributed by atoms with Gasteiger partial charge >= 0.3 is 6.03 Å². The Labute approximate surface area is 215 Å². The van der Waals surface area contributed by atoms with Gasteiger partial charge in [-0.05, 0) is 61.3 Å². The van der Waals surface area contributed by atoms with Crippen molar-refractivity contribution in [2.45, 2.75) is 50.3 Å². The van der Waals surface area contributed by atoms with E-state index >= 15 is 0 Å². The first kappa shape index (κ1) is 24.9. The lowest BCUT2D eigenvalue weighted by atomic mass is 9.70. The van der Waals surface area contributed by atoms with E-state index in [0.29, 0.717) is 11.5 Å². The summed E-state index contributed by atoms with van der Waals surface area (Å²) in [5.41, 5.74) is 3.40. The van der Waals surface area contributed by atoms with E-state index in [1.54, 1.807) is 30.3 Å². The Bertz CT molecular complexity index is 1430. The molecular formula is C26H29N5O5S. The first-order valence-electron chi connectivity index (χ1n) is 12.4. The molecule has 0 saturated heterocycles. The summed E-state index contributed by atoms with van der Waals surface area (Å²) in [5, 5.41) is 9.15. The zero-order valence-electron chi connectivity index (χ0n) is 20.5. The number of fused-ring (bicyclic) bond motifs is 2. The number of rotatable bonds is 6. The Morgan fingerprint density at radius 3 is 2.70 bits per heavy atom. The molecule has 0 bridgehead atoms. The van der Waals surface area contributed by atoms with E-state index in [-0.39, 0.29) is 16.9 Å². The Kier molecular flexibility index (Phi) is 6.49. The molecule has 1 aromatic heterocycles. The highest BCUT2D eigenvalue weighted by molar-refractivity contribution is 7.90. The number of urea groups is 1. The van der Waals surface area contributed by atoms with Crippen LogP contribution >= 0.6 is 0 Å². The summed E-state index contributed by atoms with van der Waals surface area (Å²) >= 11 is 0. The predicted molar refractivity (Wildman–Crippen MR) is 135 cm³/mol. The van der Waals surface area contributed by atoms with E-state index in [0.717, 1.165) is 66.9 Å². The van der Waals surface area contributed by atoms with Crippen molar-refractivity contribution in [1.29, 1.82) is 0 Å². The number of hydrogen-bond acceptors (Lipinski definition) is 6. The van der Waals surface area contributed by atoms with Gasteiger partial charge in [0.15, 0.2) is 0 Å². The maximum Gasteiger partial charge on any atom is 0.332 e. The maximum atomic E-state index is 12.9. The fourth-order valence-corrected chi connectivity index (χ4v) is 6.48. The van der Waals surface area contributed by atoms with Gasteiger partial charge in [0.1, 0.15) is 4.90 Å². The molecule has 11 heteroatoms. The van der Waals surface area contributed by atoms with Gasteiger partial charge in [-0.15, -0.1) is 0 Å². The van der Waals surface area contributed by atoms with Crippen molar-refractivity contribution in [3.05, 3.63) is 71.2 Å². The minimum atomic E-state index is -4.28. The van der Waals surface area contributed by atoms with Crippen LogP contribution in [0.15, 0.2) is 70.5 Å². The van der Waals surface area contributed by atoms with Crippen LogP contribution in [0.3, 0.4) is 0 Å². The maximum absolute atomic E-state index is 12.9. The molecule has 1 heterocycles. The molecule has 2 atom stereocenters. The minimum absolute atomic E-state index is 0.217. The van der Waals surface area contributed by atoms with Gasteiger partial charge in [-0.25, -0.2) is 22.6 Å². The number of nitrogens with one attached hydrogen (secondary N) is 3. The van der Waals surface area contributed by atoms with Crippen molar-refractivity contribution in [2.75, 3.05) is 6.54 Å². The summed E-state index contributed by atoms with van der Waals surface area (Å²) < 4.78 is 28.6. The van der Waals surface area contributed by atoms with Crippen LogP contribution in [0.4, 0.5) is 4.79 Å². The molecule has 37 heavy (non-hydrogen) atoms. The second-order valence-electron chi connectivity index (χ2n) is 9.94. The fraction of sp³-hybridized carbons (Fsp3) is 0.385. The molecule has 0 radical (unpaired) electrons. The van der Waals surface area contributed by atoms with Crippen molar-refractivity contribution < 1.29 is 22.8 Å². The van der Waals surface area contributed by atoms with E-state index in [1.165, 1.54) is 5.57 Å². The topological polar surface area (TPSA) is 139 Å². The van der Waals surface area contributed by atoms with Gasteiger partial charge in [-0.2, -0.15) is 5.10 Å². The minimum Gasteiger partial charge on any atom is -0.343 e. The quantitative estimate of drug-likeness (QED) is 0.532.